The number of carbonyl (C=O) groups is 4. The van der Waals surface area contributed by atoms with Gasteiger partial charge in [0.15, 0.2) is 23.3 Å². The number of nitrogens with one attached hydrogen (secondary N) is 3. The molecule has 438 valence electrons. The van der Waals surface area contributed by atoms with Crippen LogP contribution >= 0.6 is 0 Å². The summed E-state index contributed by atoms with van der Waals surface area (Å²) in [6, 6.07) is 31.1. The number of hydrogen-bond donors (Lipinski definition) is 3. The van der Waals surface area contributed by atoms with Crippen molar-refractivity contribution in [1.29, 1.82) is 0 Å². The number of hydrogen-bond acceptors (Lipinski definition) is 14. The van der Waals surface area contributed by atoms with Crippen LogP contribution in [0.5, 0.6) is 0 Å². The van der Waals surface area contributed by atoms with Crippen LogP contribution in [-0.2, 0) is 16.5 Å². The molecule has 22 nitrogen and oxygen atoms in total. The molecule has 22 heteroatoms. The number of ether oxygens (including phenoxy) is 2. The monoisotopic (exact) mass is 1150 g/mol. The lowest BCUT2D eigenvalue weighted by molar-refractivity contribution is 0.0642. The fourth-order valence-corrected chi connectivity index (χ4v) is 12.2. The van der Waals surface area contributed by atoms with Crippen molar-refractivity contribution in [2.24, 2.45) is 7.05 Å². The molecule has 8 aromatic rings. The third-order valence-corrected chi connectivity index (χ3v) is 17.0. The Labute approximate surface area is 492 Å². The number of H-pyrrole nitrogens is 1. The van der Waals surface area contributed by atoms with Gasteiger partial charge in [0.1, 0.15) is 11.0 Å². The summed E-state index contributed by atoms with van der Waals surface area (Å²) < 4.78 is 13.4. The van der Waals surface area contributed by atoms with Crippen molar-refractivity contribution in [3.05, 3.63) is 133 Å². The summed E-state index contributed by atoms with van der Waals surface area (Å²) in [5.41, 5.74) is 7.10. The fourth-order valence-electron chi connectivity index (χ4n) is 12.2. The van der Waals surface area contributed by atoms with Gasteiger partial charge in [0.25, 0.3) is 11.8 Å². The lowest BCUT2D eigenvalue weighted by Crippen LogP contribution is -2.54. The van der Waals surface area contributed by atoms with E-state index in [0.29, 0.717) is 141 Å². The minimum absolute atomic E-state index is 0.0504. The number of likely N-dealkylation sites (N-methyl/N-ethyl adjacent to an activating group) is 1. The smallest absolute Gasteiger partial charge is 0.345 e. The van der Waals surface area contributed by atoms with E-state index in [4.69, 9.17) is 29.4 Å². The van der Waals surface area contributed by atoms with E-state index >= 15 is 9.59 Å². The molecule has 5 fully saturated rings. The average molecular weight is 1150 g/mol. The molecule has 85 heavy (non-hydrogen) atoms. The highest BCUT2D eigenvalue weighted by Crippen LogP contribution is 2.34. The van der Waals surface area contributed by atoms with Gasteiger partial charge in [-0.25, -0.2) is 29.5 Å². The summed E-state index contributed by atoms with van der Waals surface area (Å²) in [4.78, 5) is 94.8. The number of carbonyl (C=O) groups excluding carboxylic acids is 4. The zero-order valence-electron chi connectivity index (χ0n) is 48.0. The average Bonchev–Trinajstić information content (AvgIpc) is 4.52. The Hall–Kier alpha value is -8.96. The molecule has 13 rings (SSSR count). The number of nitrogens with zero attached hydrogens (tertiary/aromatic N) is 13. The summed E-state index contributed by atoms with van der Waals surface area (Å²) in [5.74, 6) is 2.40. The molecule has 5 saturated heterocycles. The van der Waals surface area contributed by atoms with Crippen molar-refractivity contribution in [3.8, 4) is 22.8 Å². The molecule has 5 aliphatic heterocycles. The minimum Gasteiger partial charge on any atom is -0.378 e. The van der Waals surface area contributed by atoms with Crippen molar-refractivity contribution < 1.29 is 28.7 Å². The summed E-state index contributed by atoms with van der Waals surface area (Å²) in [6.07, 6.45) is 8.19. The quantitative estimate of drug-likeness (QED) is 0.105. The fraction of sp³-hybridized carbons (Fsp3) is 0.365. The standard InChI is InChI=1S/C63H70N16O6/c1-71-31-33-77(34-32-71)61(81)46-7-15-48(16-8-46)66-63(83)79(51-19-11-44(12-20-51)57-68-53-24-28-72(2)55(53)59(70-57)75-37-41-85-42-38-75)78(50-17-9-43(10-18-50)56-67-52-21-25-64-54(52)58(69-56)74-35-39-84-40-36-74)62(82)65-47-13-5-45(6-14-47)60(80)76-29-22-49(23-30-76)73-26-3-4-27-73/h5-21,24-25,28,49,64H,3-4,22-23,26-27,29-42H2,1-2H3,(H,65,82)(H,66,83). The number of aryl methyl sites for hydroxylation is 1. The topological polar surface area (TPSA) is 209 Å². The van der Waals surface area contributed by atoms with E-state index in [0.717, 1.165) is 72.7 Å². The maximum atomic E-state index is 15.5. The first-order chi connectivity index (χ1) is 41.6. The zero-order chi connectivity index (χ0) is 58.0. The zero-order valence-corrected chi connectivity index (χ0v) is 48.0. The molecule has 3 N–H and O–H groups in total. The van der Waals surface area contributed by atoms with E-state index in [-0.39, 0.29) is 11.8 Å². The Kier molecular flexibility index (Phi) is 15.8. The minimum atomic E-state index is -0.687. The van der Waals surface area contributed by atoms with Gasteiger partial charge in [-0.15, -0.1) is 0 Å². The number of benzene rings is 4. The number of likely N-dealkylation sites (tertiary alicyclic amines) is 2. The Morgan fingerprint density at radius 1 is 0.518 bits per heavy atom. The Balaban J connectivity index is 0.853. The molecule has 0 spiro atoms. The number of anilines is 6. The largest absolute Gasteiger partial charge is 0.378 e. The second-order valence-electron chi connectivity index (χ2n) is 22.4. The van der Waals surface area contributed by atoms with Gasteiger partial charge in [0.05, 0.1) is 48.8 Å². The number of fused-ring (bicyclic) bond motifs is 2. The molecular formula is C63H70N16O6. The van der Waals surface area contributed by atoms with E-state index in [1.165, 1.54) is 22.9 Å². The third kappa shape index (κ3) is 11.7. The maximum absolute atomic E-state index is 15.5. The van der Waals surface area contributed by atoms with Crippen LogP contribution < -0.4 is 30.5 Å². The van der Waals surface area contributed by atoms with E-state index < -0.39 is 12.1 Å². The van der Waals surface area contributed by atoms with Crippen molar-refractivity contribution in [2.75, 3.05) is 142 Å². The van der Waals surface area contributed by atoms with Crippen LogP contribution in [0.25, 0.3) is 44.8 Å². The van der Waals surface area contributed by atoms with E-state index in [1.54, 1.807) is 72.8 Å². The lowest BCUT2D eigenvalue weighted by Gasteiger charge is -2.36. The van der Waals surface area contributed by atoms with Gasteiger partial charge >= 0.3 is 12.1 Å². The van der Waals surface area contributed by atoms with Crippen LogP contribution in [0.3, 0.4) is 0 Å². The first-order valence-electron chi connectivity index (χ1n) is 29.6. The molecule has 0 bridgehead atoms. The predicted octanol–water partition coefficient (Wildman–Crippen LogP) is 8.03. The third-order valence-electron chi connectivity index (χ3n) is 17.0. The molecule has 0 radical (unpaired) electrons. The Morgan fingerprint density at radius 2 is 1.00 bits per heavy atom. The van der Waals surface area contributed by atoms with Crippen molar-refractivity contribution >= 4 is 80.3 Å². The number of aromatic nitrogens is 6. The second kappa shape index (κ2) is 24.3. The first kappa shape index (κ1) is 55.2. The number of urea groups is 2. The summed E-state index contributed by atoms with van der Waals surface area (Å²) in [6.45, 7) is 11.5. The number of aromatic amines is 1. The van der Waals surface area contributed by atoms with Gasteiger partial charge in [-0.1, -0.05) is 0 Å². The highest BCUT2D eigenvalue weighted by Gasteiger charge is 2.33. The SMILES string of the molecule is CN1CCN(C(=O)c2ccc(NC(=O)N(c3ccc(-c4nc(N5CCOCC5)c5c(ccn5C)n4)cc3)N(C(=O)Nc3ccc(C(=O)N4CCC(N5CCCC5)CC4)cc3)c3ccc(-c4nc(N5CCOCC5)c5[nH]ccc5n4)cc3)cc2)CC1. The van der Waals surface area contributed by atoms with Crippen molar-refractivity contribution in [3.63, 3.8) is 0 Å². The van der Waals surface area contributed by atoms with E-state index in [2.05, 4.69) is 35.2 Å². The van der Waals surface area contributed by atoms with Crippen LogP contribution in [0.15, 0.2) is 122 Å². The predicted molar refractivity (Wildman–Crippen MR) is 328 cm³/mol. The summed E-state index contributed by atoms with van der Waals surface area (Å²) in [7, 11) is 4.02. The van der Waals surface area contributed by atoms with Crippen LogP contribution in [0.1, 0.15) is 46.4 Å². The molecule has 0 saturated carbocycles. The van der Waals surface area contributed by atoms with Gasteiger partial charge in [-0.05, 0) is 155 Å². The second-order valence-corrected chi connectivity index (χ2v) is 22.4. The van der Waals surface area contributed by atoms with Gasteiger partial charge in [0.2, 0.25) is 0 Å². The molecule has 4 aromatic heterocycles. The molecule has 4 aromatic carbocycles. The number of hydrazine groups is 1. The molecule has 6 amide bonds. The number of morpholine rings is 2. The normalized spacial score (nSPS) is 17.4. The molecule has 5 aliphatic rings. The van der Waals surface area contributed by atoms with Crippen molar-refractivity contribution in [2.45, 2.75) is 31.7 Å². The van der Waals surface area contributed by atoms with Crippen LogP contribution in [0.2, 0.25) is 0 Å². The van der Waals surface area contributed by atoms with Gasteiger partial charge in [-0.2, -0.15) is 10.0 Å². The molecule has 0 atom stereocenters. The Bertz CT molecular complexity index is 3690. The van der Waals surface area contributed by atoms with E-state index in [1.807, 2.05) is 77.3 Å². The van der Waals surface area contributed by atoms with Crippen LogP contribution in [0.4, 0.5) is 44.0 Å². The van der Waals surface area contributed by atoms with Gasteiger partial charge in [0, 0.05) is 125 Å². The van der Waals surface area contributed by atoms with Crippen LogP contribution in [0, 0.1) is 0 Å². The van der Waals surface area contributed by atoms with E-state index in [9.17, 15) is 9.59 Å². The molecule has 0 unspecified atom stereocenters. The maximum Gasteiger partial charge on any atom is 0.345 e. The highest BCUT2D eigenvalue weighted by atomic mass is 16.5. The highest BCUT2D eigenvalue weighted by molar-refractivity contribution is 6.13. The van der Waals surface area contributed by atoms with Crippen molar-refractivity contribution in [1.82, 2.24) is 49.1 Å². The number of rotatable bonds is 11. The van der Waals surface area contributed by atoms with Gasteiger partial charge < -0.3 is 59.1 Å². The summed E-state index contributed by atoms with van der Waals surface area (Å²) in [5, 5.41) is 8.66. The van der Waals surface area contributed by atoms with Crippen LogP contribution in [-0.4, -0.2) is 191 Å². The first-order valence-corrected chi connectivity index (χ1v) is 29.6. The number of amides is 6. The lowest BCUT2D eigenvalue weighted by atomic mass is 10.0. The summed E-state index contributed by atoms with van der Waals surface area (Å²) >= 11 is 0. The van der Waals surface area contributed by atoms with Gasteiger partial charge in [-0.3, -0.25) is 9.59 Å². The molecule has 0 aliphatic carbocycles. The number of piperidine rings is 1. The number of piperazine rings is 1. The Morgan fingerprint density at radius 3 is 1.53 bits per heavy atom. The molecule has 9 heterocycles. The molecular weight excluding hydrogens is 1080 g/mol.